The minimum Gasteiger partial charge on any atom is -0.337 e. The Kier molecular flexibility index (Phi) is 6.69. The fraction of sp³-hybridized carbons (Fsp3) is 0.588. The zero-order valence-corrected chi connectivity index (χ0v) is 13.9. The van der Waals surface area contributed by atoms with Gasteiger partial charge in [0.05, 0.1) is 5.54 Å². The van der Waals surface area contributed by atoms with Crippen molar-refractivity contribution in [1.82, 2.24) is 4.90 Å². The number of hydrogen-bond donors (Lipinski definition) is 1. The molecular formula is C17H27ClN2O. The van der Waals surface area contributed by atoms with E-state index in [4.69, 9.17) is 5.73 Å². The summed E-state index contributed by atoms with van der Waals surface area (Å²) >= 11 is 0. The van der Waals surface area contributed by atoms with Gasteiger partial charge < -0.3 is 10.6 Å². The molecule has 4 heteroatoms. The maximum absolute atomic E-state index is 12.8. The van der Waals surface area contributed by atoms with Crippen molar-refractivity contribution in [3.63, 3.8) is 0 Å². The van der Waals surface area contributed by atoms with Gasteiger partial charge in [0.1, 0.15) is 0 Å². The third-order valence-electron chi connectivity index (χ3n) is 4.46. The molecule has 0 saturated heterocycles. The highest BCUT2D eigenvalue weighted by Gasteiger charge is 2.37. The van der Waals surface area contributed by atoms with Crippen LogP contribution in [0.2, 0.25) is 0 Å². The first-order chi connectivity index (χ1) is 9.57. The van der Waals surface area contributed by atoms with E-state index >= 15 is 0 Å². The molecular weight excluding hydrogens is 284 g/mol. The smallest absolute Gasteiger partial charge is 0.242 e. The number of carbonyl (C=O) groups is 1. The number of rotatable bonds is 4. The molecule has 1 aliphatic carbocycles. The number of amides is 1. The summed E-state index contributed by atoms with van der Waals surface area (Å²) < 4.78 is 0. The van der Waals surface area contributed by atoms with Crippen LogP contribution in [0.25, 0.3) is 0 Å². The van der Waals surface area contributed by atoms with Crippen LogP contribution in [-0.2, 0) is 11.3 Å². The molecule has 3 nitrogen and oxygen atoms in total. The lowest BCUT2D eigenvalue weighted by Crippen LogP contribution is -2.56. The van der Waals surface area contributed by atoms with Crippen LogP contribution in [-0.4, -0.2) is 22.9 Å². The molecule has 1 fully saturated rings. The van der Waals surface area contributed by atoms with Gasteiger partial charge in [-0.25, -0.2) is 0 Å². The molecule has 0 aromatic heterocycles. The fourth-order valence-corrected chi connectivity index (χ4v) is 3.03. The molecule has 1 aromatic rings. The molecule has 0 atom stereocenters. The molecule has 21 heavy (non-hydrogen) atoms. The van der Waals surface area contributed by atoms with Gasteiger partial charge in [-0.1, -0.05) is 43.5 Å². The van der Waals surface area contributed by atoms with Crippen molar-refractivity contribution in [2.24, 2.45) is 5.73 Å². The van der Waals surface area contributed by atoms with Gasteiger partial charge in [-0.2, -0.15) is 0 Å². The largest absolute Gasteiger partial charge is 0.337 e. The summed E-state index contributed by atoms with van der Waals surface area (Å²) in [5, 5.41) is 0. The first-order valence-corrected chi connectivity index (χ1v) is 7.69. The minimum absolute atomic E-state index is 0. The Morgan fingerprint density at radius 1 is 1.24 bits per heavy atom. The molecule has 0 aliphatic heterocycles. The Balaban J connectivity index is 0.00000220. The summed E-state index contributed by atoms with van der Waals surface area (Å²) in [5.74, 6) is 0.128. The lowest BCUT2D eigenvalue weighted by Gasteiger charge is -2.36. The number of nitrogens with zero attached hydrogens (tertiary/aromatic N) is 1. The van der Waals surface area contributed by atoms with Gasteiger partial charge in [0.2, 0.25) is 5.91 Å². The Labute approximate surface area is 134 Å². The van der Waals surface area contributed by atoms with Gasteiger partial charge in [0.25, 0.3) is 0 Å². The zero-order chi connectivity index (χ0) is 14.6. The average Bonchev–Trinajstić information content (AvgIpc) is 2.46. The standard InChI is InChI=1S/C17H26N2O.ClH/c1-3-19(13-15-10-6-5-9-14(15)2)16(20)17(18)11-7-4-8-12-17;/h5-6,9-10H,3-4,7-8,11-13,18H2,1-2H3;1H. The first-order valence-electron chi connectivity index (χ1n) is 7.69. The van der Waals surface area contributed by atoms with E-state index in [-0.39, 0.29) is 18.3 Å². The topological polar surface area (TPSA) is 46.3 Å². The fourth-order valence-electron chi connectivity index (χ4n) is 3.03. The van der Waals surface area contributed by atoms with E-state index in [1.165, 1.54) is 17.5 Å². The van der Waals surface area contributed by atoms with Crippen molar-refractivity contribution in [1.29, 1.82) is 0 Å². The number of likely N-dealkylation sites (N-methyl/N-ethyl adjacent to an activating group) is 1. The molecule has 1 aromatic carbocycles. The van der Waals surface area contributed by atoms with Crippen LogP contribution in [0.15, 0.2) is 24.3 Å². The number of aryl methyl sites for hydroxylation is 1. The number of carbonyl (C=O) groups excluding carboxylic acids is 1. The highest BCUT2D eigenvalue weighted by atomic mass is 35.5. The van der Waals surface area contributed by atoms with Gasteiger partial charge in [0, 0.05) is 13.1 Å². The minimum atomic E-state index is -0.628. The van der Waals surface area contributed by atoms with E-state index in [1.807, 2.05) is 24.0 Å². The van der Waals surface area contributed by atoms with E-state index in [2.05, 4.69) is 19.1 Å². The normalized spacial score (nSPS) is 16.9. The van der Waals surface area contributed by atoms with Gasteiger partial charge >= 0.3 is 0 Å². The molecule has 118 valence electrons. The van der Waals surface area contributed by atoms with Crippen molar-refractivity contribution in [3.05, 3.63) is 35.4 Å². The lowest BCUT2D eigenvalue weighted by molar-refractivity contribution is -0.138. The van der Waals surface area contributed by atoms with Crippen LogP contribution in [0.3, 0.4) is 0 Å². The summed E-state index contributed by atoms with van der Waals surface area (Å²) in [5.41, 5.74) is 8.19. The molecule has 2 N–H and O–H groups in total. The van der Waals surface area contributed by atoms with Crippen molar-refractivity contribution in [3.8, 4) is 0 Å². The second-order valence-corrected chi connectivity index (χ2v) is 5.96. The number of hydrogen-bond acceptors (Lipinski definition) is 2. The summed E-state index contributed by atoms with van der Waals surface area (Å²) in [6, 6.07) is 8.24. The first kappa shape index (κ1) is 18.0. The van der Waals surface area contributed by atoms with Crippen molar-refractivity contribution in [2.75, 3.05) is 6.54 Å². The highest BCUT2D eigenvalue weighted by Crippen LogP contribution is 2.28. The molecule has 0 spiro atoms. The Bertz CT molecular complexity index is 470. The molecule has 1 amide bonds. The summed E-state index contributed by atoms with van der Waals surface area (Å²) in [4.78, 5) is 14.7. The van der Waals surface area contributed by atoms with E-state index in [0.29, 0.717) is 13.1 Å². The van der Waals surface area contributed by atoms with Gasteiger partial charge in [-0.3, -0.25) is 4.79 Å². The van der Waals surface area contributed by atoms with Crippen molar-refractivity contribution in [2.45, 2.75) is 58.0 Å². The lowest BCUT2D eigenvalue weighted by atomic mass is 9.81. The van der Waals surface area contributed by atoms with Crippen molar-refractivity contribution < 1.29 is 4.79 Å². The highest BCUT2D eigenvalue weighted by molar-refractivity contribution is 5.86. The third-order valence-corrected chi connectivity index (χ3v) is 4.46. The van der Waals surface area contributed by atoms with Crippen LogP contribution in [0, 0.1) is 6.92 Å². The summed E-state index contributed by atoms with van der Waals surface area (Å²) in [7, 11) is 0. The molecule has 0 bridgehead atoms. The van der Waals surface area contributed by atoms with Crippen LogP contribution in [0.1, 0.15) is 50.2 Å². The van der Waals surface area contributed by atoms with Crippen LogP contribution in [0.5, 0.6) is 0 Å². The number of nitrogens with two attached hydrogens (primary N) is 1. The summed E-state index contributed by atoms with van der Waals surface area (Å²) in [6.45, 7) is 5.50. The number of halogens is 1. The number of benzene rings is 1. The second-order valence-electron chi connectivity index (χ2n) is 5.96. The maximum Gasteiger partial charge on any atom is 0.242 e. The quantitative estimate of drug-likeness (QED) is 0.926. The molecule has 1 saturated carbocycles. The average molecular weight is 311 g/mol. The molecule has 0 unspecified atom stereocenters. The zero-order valence-electron chi connectivity index (χ0n) is 13.1. The third kappa shape index (κ3) is 4.21. The van der Waals surface area contributed by atoms with E-state index in [0.717, 1.165) is 25.7 Å². The van der Waals surface area contributed by atoms with Crippen molar-refractivity contribution >= 4 is 18.3 Å². The SMILES string of the molecule is CCN(Cc1ccccc1C)C(=O)C1(N)CCCCC1.Cl. The molecule has 0 heterocycles. The van der Waals surface area contributed by atoms with Gasteiger partial charge in [-0.15, -0.1) is 12.4 Å². The summed E-state index contributed by atoms with van der Waals surface area (Å²) in [6.07, 6.45) is 5.01. The van der Waals surface area contributed by atoms with Crippen LogP contribution < -0.4 is 5.73 Å². The molecule has 2 rings (SSSR count). The van der Waals surface area contributed by atoms with Crippen LogP contribution in [0.4, 0.5) is 0 Å². The monoisotopic (exact) mass is 310 g/mol. The van der Waals surface area contributed by atoms with Gasteiger partial charge in [0.15, 0.2) is 0 Å². The predicted molar refractivity (Wildman–Crippen MR) is 89.5 cm³/mol. The maximum atomic E-state index is 12.8. The van der Waals surface area contributed by atoms with Crippen LogP contribution >= 0.6 is 12.4 Å². The Morgan fingerprint density at radius 3 is 2.43 bits per heavy atom. The molecule has 1 aliphatic rings. The van der Waals surface area contributed by atoms with E-state index in [1.54, 1.807) is 0 Å². The Hall–Kier alpha value is -1.06. The predicted octanol–water partition coefficient (Wildman–Crippen LogP) is 3.43. The van der Waals surface area contributed by atoms with Gasteiger partial charge in [-0.05, 0) is 37.8 Å². The Morgan fingerprint density at radius 2 is 1.86 bits per heavy atom. The van der Waals surface area contributed by atoms with E-state index in [9.17, 15) is 4.79 Å². The van der Waals surface area contributed by atoms with E-state index < -0.39 is 5.54 Å². The molecule has 0 radical (unpaired) electrons. The second kappa shape index (κ2) is 7.81.